The highest BCUT2D eigenvalue weighted by molar-refractivity contribution is 5.66. The summed E-state index contributed by atoms with van der Waals surface area (Å²) < 4.78 is 10.8. The zero-order valence-electron chi connectivity index (χ0n) is 10.8. The lowest BCUT2D eigenvalue weighted by atomic mass is 10.1. The highest BCUT2D eigenvalue weighted by Gasteiger charge is 2.17. The van der Waals surface area contributed by atoms with Gasteiger partial charge in [-0.15, -0.1) is 0 Å². The first-order chi connectivity index (χ1) is 9.69. The van der Waals surface area contributed by atoms with Crippen LogP contribution in [0.25, 0.3) is 5.76 Å². The van der Waals surface area contributed by atoms with E-state index in [9.17, 15) is 9.90 Å². The van der Waals surface area contributed by atoms with E-state index in [1.807, 2.05) is 6.08 Å². The van der Waals surface area contributed by atoms with Crippen LogP contribution in [0, 0.1) is 0 Å². The quantitative estimate of drug-likeness (QED) is 0.877. The Morgan fingerprint density at radius 2 is 2.20 bits per heavy atom. The molecule has 5 heteroatoms. The standard InChI is InChI=1S/C15H13NO4/c1-19-14-8-9(2-4-12(14)18)13-5-3-10-11(17)6-7-16-15(10)20-13/h2,4-8,18H,3H2,1H3,(H,16,17). The third-order valence-electron chi connectivity index (χ3n) is 3.19. The molecule has 0 bridgehead atoms. The molecule has 0 atom stereocenters. The molecule has 0 aliphatic carbocycles. The van der Waals surface area contributed by atoms with Gasteiger partial charge in [0.05, 0.1) is 12.7 Å². The fourth-order valence-electron chi connectivity index (χ4n) is 2.13. The third kappa shape index (κ3) is 2.03. The number of phenols is 1. The molecule has 0 fully saturated rings. The van der Waals surface area contributed by atoms with Gasteiger partial charge in [0.1, 0.15) is 5.76 Å². The van der Waals surface area contributed by atoms with E-state index in [1.165, 1.54) is 13.2 Å². The zero-order chi connectivity index (χ0) is 14.1. The average molecular weight is 271 g/mol. The minimum absolute atomic E-state index is 0.0441. The summed E-state index contributed by atoms with van der Waals surface area (Å²) in [6, 6.07) is 6.44. The minimum atomic E-state index is -0.0441. The van der Waals surface area contributed by atoms with Gasteiger partial charge in [0.15, 0.2) is 16.9 Å². The van der Waals surface area contributed by atoms with Crippen LogP contribution in [0.5, 0.6) is 17.4 Å². The van der Waals surface area contributed by atoms with Crippen molar-refractivity contribution in [2.24, 2.45) is 0 Å². The highest BCUT2D eigenvalue weighted by atomic mass is 16.5. The third-order valence-corrected chi connectivity index (χ3v) is 3.19. The van der Waals surface area contributed by atoms with Crippen LogP contribution in [-0.4, -0.2) is 17.2 Å². The molecule has 5 nitrogen and oxygen atoms in total. The molecule has 1 aromatic heterocycles. The molecule has 0 saturated carbocycles. The first kappa shape index (κ1) is 12.3. The molecule has 3 rings (SSSR count). The molecule has 2 aromatic rings. The molecule has 1 aliphatic rings. The van der Waals surface area contributed by atoms with Crippen LogP contribution in [0.3, 0.4) is 0 Å². The number of allylic oxidation sites excluding steroid dienone is 1. The van der Waals surface area contributed by atoms with Crippen LogP contribution in [-0.2, 0) is 6.42 Å². The van der Waals surface area contributed by atoms with Crippen LogP contribution in [0.1, 0.15) is 11.1 Å². The van der Waals surface area contributed by atoms with Crippen molar-refractivity contribution < 1.29 is 14.6 Å². The number of H-pyrrole nitrogens is 1. The monoisotopic (exact) mass is 271 g/mol. The number of rotatable bonds is 2. The summed E-state index contributed by atoms with van der Waals surface area (Å²) in [6.07, 6.45) is 3.90. The molecule has 1 aliphatic heterocycles. The van der Waals surface area contributed by atoms with Gasteiger partial charge in [-0.05, 0) is 24.3 Å². The van der Waals surface area contributed by atoms with Gasteiger partial charge in [0.25, 0.3) is 0 Å². The molecule has 102 valence electrons. The summed E-state index contributed by atoms with van der Waals surface area (Å²) >= 11 is 0. The molecule has 0 unspecified atom stereocenters. The van der Waals surface area contributed by atoms with Crippen LogP contribution in [0.4, 0.5) is 0 Å². The fourth-order valence-corrected chi connectivity index (χ4v) is 2.13. The lowest BCUT2D eigenvalue weighted by molar-refractivity contribution is 0.373. The zero-order valence-corrected chi connectivity index (χ0v) is 10.8. The summed E-state index contributed by atoms with van der Waals surface area (Å²) in [6.45, 7) is 0. The normalized spacial score (nSPS) is 13.2. The van der Waals surface area contributed by atoms with E-state index < -0.39 is 0 Å². The number of hydrogen-bond acceptors (Lipinski definition) is 4. The first-order valence-corrected chi connectivity index (χ1v) is 6.15. The van der Waals surface area contributed by atoms with E-state index in [-0.39, 0.29) is 11.2 Å². The molecular formula is C15H13NO4. The van der Waals surface area contributed by atoms with E-state index in [4.69, 9.17) is 9.47 Å². The summed E-state index contributed by atoms with van der Waals surface area (Å²) in [5.74, 6) is 1.53. The summed E-state index contributed by atoms with van der Waals surface area (Å²) in [5.41, 5.74) is 1.34. The number of aromatic nitrogens is 1. The maximum absolute atomic E-state index is 11.7. The lowest BCUT2D eigenvalue weighted by Gasteiger charge is -2.17. The van der Waals surface area contributed by atoms with E-state index >= 15 is 0 Å². The number of phenolic OH excluding ortho intramolecular Hbond substituents is 1. The maximum Gasteiger partial charge on any atom is 0.204 e. The Balaban J connectivity index is 1.98. The van der Waals surface area contributed by atoms with Crippen molar-refractivity contribution in [1.29, 1.82) is 0 Å². The van der Waals surface area contributed by atoms with Crippen LogP contribution < -0.4 is 14.9 Å². The Labute approximate surface area is 115 Å². The largest absolute Gasteiger partial charge is 0.504 e. The highest BCUT2D eigenvalue weighted by Crippen LogP contribution is 2.32. The van der Waals surface area contributed by atoms with Gasteiger partial charge in [-0.3, -0.25) is 4.79 Å². The van der Waals surface area contributed by atoms with Gasteiger partial charge in [-0.2, -0.15) is 0 Å². The Bertz CT molecular complexity index is 746. The second kappa shape index (κ2) is 4.77. The number of hydrogen-bond donors (Lipinski definition) is 2. The van der Waals surface area contributed by atoms with E-state index in [0.717, 1.165) is 5.56 Å². The van der Waals surface area contributed by atoms with E-state index in [2.05, 4.69) is 4.98 Å². The molecule has 0 saturated heterocycles. The van der Waals surface area contributed by atoms with E-state index in [1.54, 1.807) is 24.4 Å². The number of fused-ring (bicyclic) bond motifs is 1. The van der Waals surface area contributed by atoms with Gasteiger partial charge in [-0.25, -0.2) is 0 Å². The minimum Gasteiger partial charge on any atom is -0.504 e. The number of aromatic amines is 1. The molecule has 2 heterocycles. The van der Waals surface area contributed by atoms with Crippen molar-refractivity contribution in [3.05, 3.63) is 57.9 Å². The molecule has 0 radical (unpaired) electrons. The second-order valence-electron chi connectivity index (χ2n) is 4.41. The summed E-state index contributed by atoms with van der Waals surface area (Å²) in [5, 5.41) is 9.59. The molecular weight excluding hydrogens is 258 g/mol. The Hall–Kier alpha value is -2.69. The number of nitrogens with one attached hydrogen (secondary N) is 1. The van der Waals surface area contributed by atoms with Crippen molar-refractivity contribution in [2.45, 2.75) is 6.42 Å². The molecule has 2 N–H and O–H groups in total. The van der Waals surface area contributed by atoms with E-state index in [0.29, 0.717) is 29.4 Å². The van der Waals surface area contributed by atoms with Crippen molar-refractivity contribution in [3.8, 4) is 17.4 Å². The molecule has 20 heavy (non-hydrogen) atoms. The number of pyridine rings is 1. The van der Waals surface area contributed by atoms with Crippen molar-refractivity contribution in [1.82, 2.24) is 4.98 Å². The number of methoxy groups -OCH3 is 1. The topological polar surface area (TPSA) is 71.6 Å². The molecule has 0 amide bonds. The van der Waals surface area contributed by atoms with Crippen molar-refractivity contribution >= 4 is 5.76 Å². The fraction of sp³-hybridized carbons (Fsp3) is 0.133. The first-order valence-electron chi connectivity index (χ1n) is 6.15. The Morgan fingerprint density at radius 3 is 3.00 bits per heavy atom. The predicted octanol–water partition coefficient (Wildman–Crippen LogP) is 2.07. The predicted molar refractivity (Wildman–Crippen MR) is 74.0 cm³/mol. The average Bonchev–Trinajstić information content (AvgIpc) is 2.47. The summed E-state index contributed by atoms with van der Waals surface area (Å²) in [4.78, 5) is 14.6. The van der Waals surface area contributed by atoms with Gasteiger partial charge < -0.3 is 19.6 Å². The second-order valence-corrected chi connectivity index (χ2v) is 4.41. The Morgan fingerprint density at radius 1 is 1.35 bits per heavy atom. The Kier molecular flexibility index (Phi) is 2.95. The summed E-state index contributed by atoms with van der Waals surface area (Å²) in [7, 11) is 1.49. The van der Waals surface area contributed by atoms with Crippen LogP contribution in [0.2, 0.25) is 0 Å². The van der Waals surface area contributed by atoms with Crippen LogP contribution >= 0.6 is 0 Å². The van der Waals surface area contributed by atoms with Crippen molar-refractivity contribution in [2.75, 3.05) is 7.11 Å². The van der Waals surface area contributed by atoms with Gasteiger partial charge in [0, 0.05) is 24.2 Å². The van der Waals surface area contributed by atoms with Gasteiger partial charge >= 0.3 is 0 Å². The van der Waals surface area contributed by atoms with Gasteiger partial charge in [0.2, 0.25) is 5.88 Å². The van der Waals surface area contributed by atoms with Crippen molar-refractivity contribution in [3.63, 3.8) is 0 Å². The lowest BCUT2D eigenvalue weighted by Crippen LogP contribution is -2.14. The SMILES string of the molecule is COc1cc(C2=CCc3c([nH]ccc3=O)O2)ccc1O. The number of aromatic hydroxyl groups is 1. The van der Waals surface area contributed by atoms with Crippen LogP contribution in [0.15, 0.2) is 41.3 Å². The number of ether oxygens (including phenoxy) is 2. The number of benzene rings is 1. The molecule has 1 aromatic carbocycles. The van der Waals surface area contributed by atoms with Gasteiger partial charge in [-0.1, -0.05) is 0 Å². The smallest absolute Gasteiger partial charge is 0.204 e. The molecule has 0 spiro atoms. The maximum atomic E-state index is 11.7.